The Labute approximate surface area is 111 Å². The van der Waals surface area contributed by atoms with E-state index in [0.29, 0.717) is 16.3 Å². The van der Waals surface area contributed by atoms with Gasteiger partial charge in [0.25, 0.3) is 0 Å². The molecule has 1 fully saturated rings. The van der Waals surface area contributed by atoms with E-state index in [4.69, 9.17) is 28.4 Å². The average molecular weight is 272 g/mol. The first-order valence-corrected chi connectivity index (χ1v) is 6.95. The van der Waals surface area contributed by atoms with Gasteiger partial charge in [-0.25, -0.2) is 0 Å². The number of nitrogens with zero attached hydrogens (tertiary/aromatic N) is 1. The zero-order chi connectivity index (χ0) is 12.0. The van der Waals surface area contributed by atoms with Crippen molar-refractivity contribution in [3.8, 4) is 0 Å². The van der Waals surface area contributed by atoms with Gasteiger partial charge in [-0.1, -0.05) is 33.9 Å². The molecule has 92 valence electrons. The van der Waals surface area contributed by atoms with Gasteiger partial charge in [0.1, 0.15) is 4.49 Å². The highest BCUT2D eigenvalue weighted by Crippen LogP contribution is 2.54. The Morgan fingerprint density at radius 1 is 1.18 bits per heavy atom. The van der Waals surface area contributed by atoms with E-state index in [-0.39, 0.29) is 0 Å². The smallest absolute Gasteiger partial charge is 0.106 e. The van der Waals surface area contributed by atoms with Crippen LogP contribution >= 0.6 is 23.2 Å². The fourth-order valence-electron chi connectivity index (χ4n) is 3.53. The van der Waals surface area contributed by atoms with Crippen LogP contribution in [-0.2, 0) is 0 Å². The maximum atomic E-state index is 9.10. The molecule has 0 aromatic rings. The molecule has 0 aromatic carbocycles. The molecule has 0 bridgehead atoms. The molecule has 0 aliphatic heterocycles. The summed E-state index contributed by atoms with van der Waals surface area (Å²) in [6, 6.07) is 0. The highest BCUT2D eigenvalue weighted by atomic mass is 35.5. The van der Waals surface area contributed by atoms with Crippen LogP contribution in [0.15, 0.2) is 26.4 Å². The lowest BCUT2D eigenvalue weighted by Crippen LogP contribution is -2.36. The largest absolute Gasteiger partial charge is 0.411 e. The van der Waals surface area contributed by atoms with Crippen LogP contribution in [0.4, 0.5) is 0 Å². The minimum Gasteiger partial charge on any atom is -0.411 e. The van der Waals surface area contributed by atoms with Crippen LogP contribution < -0.4 is 0 Å². The van der Waals surface area contributed by atoms with Crippen molar-refractivity contribution < 1.29 is 5.21 Å². The summed E-state index contributed by atoms with van der Waals surface area (Å²) in [5.41, 5.74) is 4.74. The number of hydrogen-bond donors (Lipinski definition) is 1. The van der Waals surface area contributed by atoms with E-state index in [0.717, 1.165) is 37.0 Å². The molecule has 0 radical (unpaired) electrons. The zero-order valence-corrected chi connectivity index (χ0v) is 11.1. The van der Waals surface area contributed by atoms with E-state index in [2.05, 4.69) is 5.16 Å². The third-order valence-corrected chi connectivity index (χ3v) is 4.98. The second kappa shape index (κ2) is 4.33. The van der Waals surface area contributed by atoms with Gasteiger partial charge in [-0.3, -0.25) is 0 Å². The van der Waals surface area contributed by atoms with Gasteiger partial charge in [0, 0.05) is 0 Å². The number of halogens is 2. The van der Waals surface area contributed by atoms with Gasteiger partial charge < -0.3 is 5.21 Å². The van der Waals surface area contributed by atoms with Crippen molar-refractivity contribution in [1.82, 2.24) is 0 Å². The summed E-state index contributed by atoms with van der Waals surface area (Å²) in [7, 11) is 0. The fourth-order valence-corrected chi connectivity index (χ4v) is 3.95. The Morgan fingerprint density at radius 2 is 1.94 bits per heavy atom. The van der Waals surface area contributed by atoms with Crippen LogP contribution in [0.1, 0.15) is 38.5 Å². The number of fused-ring (bicyclic) bond motifs is 2. The summed E-state index contributed by atoms with van der Waals surface area (Å²) in [4.78, 5) is 0. The van der Waals surface area contributed by atoms with Gasteiger partial charge >= 0.3 is 0 Å². The van der Waals surface area contributed by atoms with Crippen LogP contribution in [0.2, 0.25) is 0 Å². The molecule has 3 aliphatic rings. The molecule has 0 saturated heterocycles. The van der Waals surface area contributed by atoms with Crippen LogP contribution in [0.5, 0.6) is 0 Å². The van der Waals surface area contributed by atoms with E-state index in [1.807, 2.05) is 0 Å². The fraction of sp³-hybridized carbons (Fsp3) is 0.615. The maximum absolute atomic E-state index is 9.10. The van der Waals surface area contributed by atoms with Gasteiger partial charge in [0.15, 0.2) is 0 Å². The van der Waals surface area contributed by atoms with Crippen LogP contribution in [0.25, 0.3) is 0 Å². The summed E-state index contributed by atoms with van der Waals surface area (Å²) in [5.74, 6) is 1.16. The predicted molar refractivity (Wildman–Crippen MR) is 69.7 cm³/mol. The number of allylic oxidation sites excluding steroid dienone is 3. The van der Waals surface area contributed by atoms with E-state index in [1.165, 1.54) is 24.0 Å². The molecule has 3 rings (SSSR count). The molecule has 2 nitrogen and oxygen atoms in total. The number of hydrogen-bond acceptors (Lipinski definition) is 2. The second-order valence-corrected chi connectivity index (χ2v) is 6.11. The first-order chi connectivity index (χ1) is 8.22. The van der Waals surface area contributed by atoms with Gasteiger partial charge in [-0.05, 0) is 61.5 Å². The normalized spacial score (nSPS) is 34.2. The Kier molecular flexibility index (Phi) is 2.95. The highest BCUT2D eigenvalue weighted by molar-refractivity contribution is 6.56. The van der Waals surface area contributed by atoms with Crippen molar-refractivity contribution in [2.45, 2.75) is 38.5 Å². The average Bonchev–Trinajstić information content (AvgIpc) is 2.27. The molecular weight excluding hydrogens is 257 g/mol. The molecule has 1 saturated carbocycles. The third-order valence-electron chi connectivity index (χ3n) is 4.50. The lowest BCUT2D eigenvalue weighted by atomic mass is 9.58. The number of rotatable bonds is 0. The molecule has 4 heteroatoms. The van der Waals surface area contributed by atoms with Crippen molar-refractivity contribution in [3.63, 3.8) is 0 Å². The maximum Gasteiger partial charge on any atom is 0.106 e. The summed E-state index contributed by atoms with van der Waals surface area (Å²) in [6.45, 7) is 0. The predicted octanol–water partition coefficient (Wildman–Crippen LogP) is 4.42. The Bertz CT molecular complexity index is 446. The van der Waals surface area contributed by atoms with Gasteiger partial charge in [-0.2, -0.15) is 0 Å². The lowest BCUT2D eigenvalue weighted by molar-refractivity contribution is 0.232. The molecule has 0 amide bonds. The lowest BCUT2D eigenvalue weighted by Gasteiger charge is -2.46. The molecule has 0 aromatic heterocycles. The molecule has 0 spiro atoms. The van der Waals surface area contributed by atoms with E-state index in [9.17, 15) is 0 Å². The quantitative estimate of drug-likeness (QED) is 0.514. The molecule has 2 atom stereocenters. The topological polar surface area (TPSA) is 32.6 Å². The molecular formula is C13H15Cl2NO. The molecule has 3 aliphatic carbocycles. The molecule has 17 heavy (non-hydrogen) atoms. The number of oxime groups is 1. The van der Waals surface area contributed by atoms with Crippen LogP contribution in [-0.4, -0.2) is 10.9 Å². The molecule has 2 unspecified atom stereocenters. The SMILES string of the molecule is O/N=C1\CCCC2=C1CC(=C(Cl)Cl)C1CCC21. The van der Waals surface area contributed by atoms with Crippen LogP contribution in [0.3, 0.4) is 0 Å². The first-order valence-electron chi connectivity index (χ1n) is 6.19. The summed E-state index contributed by atoms with van der Waals surface area (Å²) < 4.78 is 0.425. The molecule has 1 N–H and O–H groups in total. The zero-order valence-electron chi connectivity index (χ0n) is 9.55. The van der Waals surface area contributed by atoms with Crippen molar-refractivity contribution >= 4 is 28.9 Å². The van der Waals surface area contributed by atoms with Crippen molar-refractivity contribution in [3.05, 3.63) is 21.2 Å². The molecule has 0 heterocycles. The van der Waals surface area contributed by atoms with Crippen molar-refractivity contribution in [1.29, 1.82) is 0 Å². The highest BCUT2D eigenvalue weighted by Gasteiger charge is 2.43. The van der Waals surface area contributed by atoms with Gasteiger partial charge in [0.05, 0.1) is 5.71 Å². The monoisotopic (exact) mass is 271 g/mol. The van der Waals surface area contributed by atoms with Gasteiger partial charge in [0.2, 0.25) is 0 Å². The summed E-state index contributed by atoms with van der Waals surface area (Å²) in [5, 5.41) is 12.6. The van der Waals surface area contributed by atoms with Crippen LogP contribution in [0, 0.1) is 11.8 Å². The third kappa shape index (κ3) is 1.73. The van der Waals surface area contributed by atoms with E-state index in [1.54, 1.807) is 0 Å². The standard InChI is InChI=1S/C13H15Cl2NO/c14-13(15)11-6-10-7(8-4-5-9(8)11)2-1-3-12(10)16-17/h8-9,17H,1-6H2/b16-12+. The van der Waals surface area contributed by atoms with Gasteiger partial charge in [-0.15, -0.1) is 0 Å². The van der Waals surface area contributed by atoms with Crippen molar-refractivity contribution in [2.75, 3.05) is 0 Å². The van der Waals surface area contributed by atoms with Crippen molar-refractivity contribution in [2.24, 2.45) is 17.0 Å². The Hall–Kier alpha value is -0.470. The van der Waals surface area contributed by atoms with E-state index < -0.39 is 0 Å². The minimum atomic E-state index is 0.425. The minimum absolute atomic E-state index is 0.425. The second-order valence-electron chi connectivity index (χ2n) is 5.16. The Balaban J connectivity index is 2.06. The summed E-state index contributed by atoms with van der Waals surface area (Å²) in [6.07, 6.45) is 6.36. The Morgan fingerprint density at radius 3 is 2.53 bits per heavy atom. The van der Waals surface area contributed by atoms with E-state index >= 15 is 0 Å². The summed E-state index contributed by atoms with van der Waals surface area (Å²) >= 11 is 12.0. The first kappa shape index (κ1) is 11.6.